The molecule has 3 heteroatoms. The number of nitrogens with two attached hydrogens (primary N) is 1. The summed E-state index contributed by atoms with van der Waals surface area (Å²) in [5.74, 6) is 0.416. The van der Waals surface area contributed by atoms with Gasteiger partial charge in [0.15, 0.2) is 5.84 Å². The zero-order valence-electron chi connectivity index (χ0n) is 10.2. The maximum Gasteiger partial charge on any atom is 0.153 e. The molecule has 0 saturated carbocycles. The highest BCUT2D eigenvalue weighted by Gasteiger charge is 1.94. The Morgan fingerprint density at radius 1 is 1.00 bits per heavy atom. The summed E-state index contributed by atoms with van der Waals surface area (Å²) in [6, 6.07) is 17.6. The van der Waals surface area contributed by atoms with Crippen LogP contribution in [0, 0.1) is 6.92 Å². The van der Waals surface area contributed by atoms with E-state index < -0.39 is 0 Å². The normalized spacial score (nSPS) is 11.9. The molecule has 0 heterocycles. The highest BCUT2D eigenvalue weighted by Crippen LogP contribution is 2.01. The molecule has 0 saturated heterocycles. The molecule has 90 valence electrons. The summed E-state index contributed by atoms with van der Waals surface area (Å²) in [6.07, 6.45) is 1.69. The largest absolute Gasteiger partial charge is 0.382 e. The van der Waals surface area contributed by atoms with Crippen LogP contribution in [0.4, 0.5) is 0 Å². The Balaban J connectivity index is 2.08. The molecule has 0 atom stereocenters. The minimum Gasteiger partial charge on any atom is -0.382 e. The fraction of sp³-hybridized carbons (Fsp3) is 0.0667. The third-order valence-electron chi connectivity index (χ3n) is 2.52. The second-order valence-corrected chi connectivity index (χ2v) is 4.01. The van der Waals surface area contributed by atoms with Crippen LogP contribution in [0.25, 0.3) is 0 Å². The minimum absolute atomic E-state index is 0.416. The van der Waals surface area contributed by atoms with Gasteiger partial charge in [0, 0.05) is 5.56 Å². The van der Waals surface area contributed by atoms with E-state index in [0.717, 1.165) is 11.1 Å². The smallest absolute Gasteiger partial charge is 0.153 e. The fourth-order valence-corrected chi connectivity index (χ4v) is 1.48. The summed E-state index contributed by atoms with van der Waals surface area (Å²) >= 11 is 0. The van der Waals surface area contributed by atoms with Crippen molar-refractivity contribution >= 4 is 12.1 Å². The minimum atomic E-state index is 0.416. The van der Waals surface area contributed by atoms with Gasteiger partial charge in [0.2, 0.25) is 0 Å². The molecule has 2 aromatic carbocycles. The average Bonchev–Trinajstić information content (AvgIpc) is 2.42. The molecule has 2 rings (SSSR count). The predicted molar refractivity (Wildman–Crippen MR) is 75.9 cm³/mol. The standard InChI is InChI=1S/C15H15N3/c1-12-7-9-13(10-8-12)11-17-18-15(16)14-5-3-2-4-6-14/h2-11H,1H3,(H2,16,18). The van der Waals surface area contributed by atoms with E-state index >= 15 is 0 Å². The lowest BCUT2D eigenvalue weighted by molar-refractivity contribution is 1.23. The highest BCUT2D eigenvalue weighted by atomic mass is 15.2. The number of nitrogens with zero attached hydrogens (tertiary/aromatic N) is 2. The molecule has 3 nitrogen and oxygen atoms in total. The van der Waals surface area contributed by atoms with Gasteiger partial charge in [-0.25, -0.2) is 0 Å². The zero-order chi connectivity index (χ0) is 12.8. The van der Waals surface area contributed by atoms with Gasteiger partial charge in [0.25, 0.3) is 0 Å². The van der Waals surface area contributed by atoms with Crippen LogP contribution in [0.3, 0.4) is 0 Å². The van der Waals surface area contributed by atoms with E-state index in [1.165, 1.54) is 5.56 Å². The topological polar surface area (TPSA) is 50.7 Å². The van der Waals surface area contributed by atoms with Gasteiger partial charge in [-0.05, 0) is 12.5 Å². The summed E-state index contributed by atoms with van der Waals surface area (Å²) in [4.78, 5) is 0. The quantitative estimate of drug-likeness (QED) is 0.498. The van der Waals surface area contributed by atoms with Gasteiger partial charge in [-0.3, -0.25) is 0 Å². The molecular formula is C15H15N3. The fourth-order valence-electron chi connectivity index (χ4n) is 1.48. The maximum atomic E-state index is 5.82. The molecule has 0 aromatic heterocycles. The van der Waals surface area contributed by atoms with Crippen molar-refractivity contribution in [2.45, 2.75) is 6.92 Å². The number of benzene rings is 2. The summed E-state index contributed by atoms with van der Waals surface area (Å²) in [6.45, 7) is 2.05. The van der Waals surface area contributed by atoms with Crippen molar-refractivity contribution in [3.8, 4) is 0 Å². The van der Waals surface area contributed by atoms with Gasteiger partial charge >= 0.3 is 0 Å². The zero-order valence-corrected chi connectivity index (χ0v) is 10.2. The lowest BCUT2D eigenvalue weighted by atomic mass is 10.2. The van der Waals surface area contributed by atoms with Crippen LogP contribution >= 0.6 is 0 Å². The van der Waals surface area contributed by atoms with Crippen molar-refractivity contribution < 1.29 is 0 Å². The Morgan fingerprint density at radius 3 is 2.33 bits per heavy atom. The van der Waals surface area contributed by atoms with Gasteiger partial charge in [-0.1, -0.05) is 60.2 Å². The molecule has 0 bridgehead atoms. The van der Waals surface area contributed by atoms with Crippen LogP contribution in [-0.2, 0) is 0 Å². The molecule has 0 aliphatic carbocycles. The van der Waals surface area contributed by atoms with Crippen LogP contribution < -0.4 is 5.73 Å². The molecule has 0 fully saturated rings. The van der Waals surface area contributed by atoms with Crippen LogP contribution in [0.15, 0.2) is 64.8 Å². The lowest BCUT2D eigenvalue weighted by Crippen LogP contribution is -2.12. The maximum absolute atomic E-state index is 5.82. The van der Waals surface area contributed by atoms with Gasteiger partial charge in [-0.2, -0.15) is 5.10 Å². The third-order valence-corrected chi connectivity index (χ3v) is 2.52. The Hall–Kier alpha value is -2.42. The second kappa shape index (κ2) is 5.77. The Bertz CT molecular complexity index is 554. The van der Waals surface area contributed by atoms with Crippen molar-refractivity contribution in [1.82, 2.24) is 0 Å². The third kappa shape index (κ3) is 3.28. The van der Waals surface area contributed by atoms with Crippen LogP contribution in [0.1, 0.15) is 16.7 Å². The van der Waals surface area contributed by atoms with Crippen molar-refractivity contribution in [1.29, 1.82) is 0 Å². The van der Waals surface area contributed by atoms with Crippen LogP contribution in [-0.4, -0.2) is 12.1 Å². The molecule has 2 aromatic rings. The van der Waals surface area contributed by atoms with E-state index in [1.54, 1.807) is 6.21 Å². The second-order valence-electron chi connectivity index (χ2n) is 4.01. The molecule has 18 heavy (non-hydrogen) atoms. The lowest BCUT2D eigenvalue weighted by Gasteiger charge is -1.96. The first kappa shape index (κ1) is 12.0. The highest BCUT2D eigenvalue weighted by molar-refractivity contribution is 5.97. The molecule has 0 aliphatic heterocycles. The predicted octanol–water partition coefficient (Wildman–Crippen LogP) is 2.73. The van der Waals surface area contributed by atoms with Crippen molar-refractivity contribution in [2.24, 2.45) is 15.9 Å². The summed E-state index contributed by atoms with van der Waals surface area (Å²) < 4.78 is 0. The van der Waals surface area contributed by atoms with E-state index in [2.05, 4.69) is 10.2 Å². The Kier molecular flexibility index (Phi) is 3.86. The molecule has 0 spiro atoms. The van der Waals surface area contributed by atoms with E-state index in [0.29, 0.717) is 5.84 Å². The number of hydrogen-bond acceptors (Lipinski definition) is 2. The number of hydrogen-bond donors (Lipinski definition) is 1. The summed E-state index contributed by atoms with van der Waals surface area (Å²) in [5.41, 5.74) is 8.92. The van der Waals surface area contributed by atoms with Gasteiger partial charge in [0.05, 0.1) is 6.21 Å². The molecule has 0 unspecified atom stereocenters. The molecular weight excluding hydrogens is 222 g/mol. The SMILES string of the molecule is Cc1ccc(C=NN=C(N)c2ccccc2)cc1. The Labute approximate surface area is 107 Å². The summed E-state index contributed by atoms with van der Waals surface area (Å²) in [7, 11) is 0. The summed E-state index contributed by atoms with van der Waals surface area (Å²) in [5, 5.41) is 7.96. The number of amidine groups is 1. The van der Waals surface area contributed by atoms with E-state index in [1.807, 2.05) is 61.5 Å². The first-order valence-corrected chi connectivity index (χ1v) is 5.74. The number of aryl methyl sites for hydroxylation is 1. The van der Waals surface area contributed by atoms with Crippen molar-refractivity contribution in [2.75, 3.05) is 0 Å². The Morgan fingerprint density at radius 2 is 1.67 bits per heavy atom. The van der Waals surface area contributed by atoms with E-state index in [4.69, 9.17) is 5.73 Å². The molecule has 0 radical (unpaired) electrons. The van der Waals surface area contributed by atoms with Crippen molar-refractivity contribution in [3.05, 3.63) is 71.3 Å². The van der Waals surface area contributed by atoms with Crippen LogP contribution in [0.5, 0.6) is 0 Å². The first-order valence-electron chi connectivity index (χ1n) is 5.74. The molecule has 0 aliphatic rings. The van der Waals surface area contributed by atoms with Crippen molar-refractivity contribution in [3.63, 3.8) is 0 Å². The first-order chi connectivity index (χ1) is 8.75. The molecule has 2 N–H and O–H groups in total. The van der Waals surface area contributed by atoms with E-state index in [-0.39, 0.29) is 0 Å². The number of rotatable bonds is 3. The van der Waals surface area contributed by atoms with Gasteiger partial charge in [-0.15, -0.1) is 5.10 Å². The monoisotopic (exact) mass is 237 g/mol. The van der Waals surface area contributed by atoms with Gasteiger partial charge in [0.1, 0.15) is 0 Å². The van der Waals surface area contributed by atoms with E-state index in [9.17, 15) is 0 Å². The average molecular weight is 237 g/mol. The van der Waals surface area contributed by atoms with Crippen LogP contribution in [0.2, 0.25) is 0 Å². The molecule has 0 amide bonds. The van der Waals surface area contributed by atoms with Gasteiger partial charge < -0.3 is 5.73 Å².